The van der Waals surface area contributed by atoms with Gasteiger partial charge in [0.15, 0.2) is 0 Å². The first kappa shape index (κ1) is 12.9. The highest BCUT2D eigenvalue weighted by atomic mass is 35.5. The van der Waals surface area contributed by atoms with Gasteiger partial charge >= 0.3 is 0 Å². The van der Waals surface area contributed by atoms with Crippen LogP contribution in [0.15, 0.2) is 35.1 Å². The van der Waals surface area contributed by atoms with Crippen molar-refractivity contribution in [1.82, 2.24) is 9.88 Å². The van der Waals surface area contributed by atoms with Crippen LogP contribution in [-0.2, 0) is 6.54 Å². The molecule has 0 aliphatic carbocycles. The van der Waals surface area contributed by atoms with Gasteiger partial charge in [0.25, 0.3) is 5.91 Å². The molecule has 0 unspecified atom stereocenters. The smallest absolute Gasteiger partial charge is 0.274 e. The molecule has 0 N–H and O–H groups in total. The van der Waals surface area contributed by atoms with Gasteiger partial charge in [0.1, 0.15) is 10.8 Å². The second-order valence-corrected chi connectivity index (χ2v) is 4.55. The van der Waals surface area contributed by atoms with E-state index in [2.05, 4.69) is 4.98 Å². The summed E-state index contributed by atoms with van der Waals surface area (Å²) in [5, 5.41) is 0.517. The lowest BCUT2D eigenvalue weighted by atomic mass is 10.3. The molecule has 2 aromatic rings. The molecular formula is C12H10Cl2N2O2. The minimum Gasteiger partial charge on any atom is -0.472 e. The zero-order chi connectivity index (χ0) is 13.1. The molecule has 0 radical (unpaired) electrons. The number of furan rings is 1. The van der Waals surface area contributed by atoms with Crippen LogP contribution < -0.4 is 0 Å². The van der Waals surface area contributed by atoms with E-state index in [1.165, 1.54) is 11.0 Å². The third-order valence-electron chi connectivity index (χ3n) is 2.36. The molecule has 4 nitrogen and oxygen atoms in total. The summed E-state index contributed by atoms with van der Waals surface area (Å²) >= 11 is 11.7. The molecule has 2 heterocycles. The summed E-state index contributed by atoms with van der Waals surface area (Å²) < 4.78 is 4.94. The maximum Gasteiger partial charge on any atom is 0.274 e. The molecule has 0 aliphatic rings. The van der Waals surface area contributed by atoms with E-state index in [0.29, 0.717) is 6.54 Å². The molecular weight excluding hydrogens is 275 g/mol. The summed E-state index contributed by atoms with van der Waals surface area (Å²) in [6.45, 7) is 0.417. The monoisotopic (exact) mass is 284 g/mol. The number of hydrogen-bond donors (Lipinski definition) is 0. The molecule has 0 saturated heterocycles. The van der Waals surface area contributed by atoms with E-state index in [0.717, 1.165) is 5.56 Å². The van der Waals surface area contributed by atoms with Gasteiger partial charge in [-0.25, -0.2) is 4.98 Å². The fourth-order valence-electron chi connectivity index (χ4n) is 1.48. The Morgan fingerprint density at radius 3 is 2.83 bits per heavy atom. The van der Waals surface area contributed by atoms with E-state index in [-0.39, 0.29) is 21.8 Å². The molecule has 0 bridgehead atoms. The number of aromatic nitrogens is 1. The van der Waals surface area contributed by atoms with E-state index in [1.807, 2.05) is 0 Å². The van der Waals surface area contributed by atoms with Gasteiger partial charge in [-0.3, -0.25) is 4.79 Å². The van der Waals surface area contributed by atoms with Crippen LogP contribution in [0.4, 0.5) is 0 Å². The molecule has 2 rings (SSSR count). The molecule has 0 saturated carbocycles. The van der Waals surface area contributed by atoms with Crippen molar-refractivity contribution in [2.24, 2.45) is 0 Å². The second-order valence-electron chi connectivity index (χ2n) is 3.76. The number of halogens is 2. The molecule has 0 aliphatic heterocycles. The Labute approximate surface area is 114 Å². The van der Waals surface area contributed by atoms with Crippen LogP contribution in [0.5, 0.6) is 0 Å². The number of carbonyl (C=O) groups is 1. The molecule has 6 heteroatoms. The van der Waals surface area contributed by atoms with Crippen LogP contribution in [-0.4, -0.2) is 22.8 Å². The quantitative estimate of drug-likeness (QED) is 0.813. The summed E-state index contributed by atoms with van der Waals surface area (Å²) in [5.41, 5.74) is 1.04. The van der Waals surface area contributed by atoms with E-state index in [4.69, 9.17) is 27.6 Å². The molecule has 0 atom stereocenters. The first-order valence-corrected chi connectivity index (χ1v) is 5.92. The Morgan fingerprint density at radius 2 is 2.17 bits per heavy atom. The zero-order valence-corrected chi connectivity index (χ0v) is 11.1. The maximum absolute atomic E-state index is 12.1. The van der Waals surface area contributed by atoms with Gasteiger partial charge in [-0.15, -0.1) is 0 Å². The van der Waals surface area contributed by atoms with Gasteiger partial charge in [-0.05, 0) is 18.2 Å². The lowest BCUT2D eigenvalue weighted by Crippen LogP contribution is -2.27. The Balaban J connectivity index is 2.17. The van der Waals surface area contributed by atoms with Crippen molar-refractivity contribution in [1.29, 1.82) is 0 Å². The SMILES string of the molecule is CN(Cc1ccoc1)C(=O)c1nc(Cl)ccc1Cl. The fourth-order valence-corrected chi connectivity index (χ4v) is 1.81. The summed E-state index contributed by atoms with van der Waals surface area (Å²) in [7, 11) is 1.66. The summed E-state index contributed by atoms with van der Waals surface area (Å²) in [4.78, 5) is 17.6. The molecule has 0 spiro atoms. The predicted octanol–water partition coefficient (Wildman–Crippen LogP) is 3.25. The number of nitrogens with zero attached hydrogens (tertiary/aromatic N) is 2. The zero-order valence-electron chi connectivity index (χ0n) is 9.56. The molecule has 0 fully saturated rings. The Morgan fingerprint density at radius 1 is 1.39 bits per heavy atom. The standard InChI is InChI=1S/C12H10Cl2N2O2/c1-16(6-8-4-5-18-7-8)12(17)11-9(13)2-3-10(14)15-11/h2-5,7H,6H2,1H3. The topological polar surface area (TPSA) is 46.3 Å². The van der Waals surface area contributed by atoms with Gasteiger partial charge in [-0.2, -0.15) is 0 Å². The van der Waals surface area contributed by atoms with Crippen LogP contribution in [0, 0.1) is 0 Å². The number of hydrogen-bond acceptors (Lipinski definition) is 3. The van der Waals surface area contributed by atoms with Crippen LogP contribution in [0.25, 0.3) is 0 Å². The van der Waals surface area contributed by atoms with Crippen LogP contribution in [0.1, 0.15) is 16.1 Å². The summed E-state index contributed by atoms with van der Waals surface area (Å²) in [5.74, 6) is -0.288. The maximum atomic E-state index is 12.1. The van der Waals surface area contributed by atoms with Crippen molar-refractivity contribution in [2.45, 2.75) is 6.54 Å². The van der Waals surface area contributed by atoms with Crippen LogP contribution in [0.3, 0.4) is 0 Å². The van der Waals surface area contributed by atoms with Crippen molar-refractivity contribution in [3.05, 3.63) is 52.2 Å². The molecule has 1 amide bonds. The molecule has 2 aromatic heterocycles. The van der Waals surface area contributed by atoms with Gasteiger partial charge < -0.3 is 9.32 Å². The Bertz CT molecular complexity index is 555. The average Bonchev–Trinajstić information content (AvgIpc) is 2.84. The normalized spacial score (nSPS) is 10.4. The van der Waals surface area contributed by atoms with Gasteiger partial charge in [0.2, 0.25) is 0 Å². The van der Waals surface area contributed by atoms with Gasteiger partial charge in [0.05, 0.1) is 17.5 Å². The van der Waals surface area contributed by atoms with Crippen molar-refractivity contribution in [2.75, 3.05) is 7.05 Å². The number of amides is 1. The molecule has 0 aromatic carbocycles. The third-order valence-corrected chi connectivity index (χ3v) is 2.88. The summed E-state index contributed by atoms with van der Waals surface area (Å²) in [6.07, 6.45) is 3.13. The van der Waals surface area contributed by atoms with Crippen LogP contribution >= 0.6 is 23.2 Å². The highest BCUT2D eigenvalue weighted by molar-refractivity contribution is 6.34. The minimum atomic E-state index is -0.288. The number of pyridine rings is 1. The fraction of sp³-hybridized carbons (Fsp3) is 0.167. The predicted molar refractivity (Wildman–Crippen MR) is 68.8 cm³/mol. The highest BCUT2D eigenvalue weighted by Crippen LogP contribution is 2.19. The second kappa shape index (κ2) is 5.42. The third kappa shape index (κ3) is 2.83. The lowest BCUT2D eigenvalue weighted by Gasteiger charge is -2.16. The largest absolute Gasteiger partial charge is 0.472 e. The van der Waals surface area contributed by atoms with E-state index in [1.54, 1.807) is 31.7 Å². The Kier molecular flexibility index (Phi) is 3.89. The minimum absolute atomic E-state index is 0.148. The van der Waals surface area contributed by atoms with E-state index in [9.17, 15) is 4.79 Å². The van der Waals surface area contributed by atoms with Crippen LogP contribution in [0.2, 0.25) is 10.2 Å². The first-order valence-electron chi connectivity index (χ1n) is 5.16. The first-order chi connectivity index (χ1) is 8.58. The van der Waals surface area contributed by atoms with Crippen molar-refractivity contribution in [3.8, 4) is 0 Å². The van der Waals surface area contributed by atoms with Gasteiger partial charge in [0, 0.05) is 19.2 Å². The van der Waals surface area contributed by atoms with E-state index >= 15 is 0 Å². The Hall–Kier alpha value is -1.52. The average molecular weight is 285 g/mol. The van der Waals surface area contributed by atoms with Crippen molar-refractivity contribution < 1.29 is 9.21 Å². The van der Waals surface area contributed by atoms with Crippen molar-refractivity contribution >= 4 is 29.1 Å². The van der Waals surface area contributed by atoms with Gasteiger partial charge in [-0.1, -0.05) is 23.2 Å². The van der Waals surface area contributed by atoms with E-state index < -0.39 is 0 Å². The number of rotatable bonds is 3. The highest BCUT2D eigenvalue weighted by Gasteiger charge is 2.17. The number of carbonyl (C=O) groups excluding carboxylic acids is 1. The van der Waals surface area contributed by atoms with Crippen molar-refractivity contribution in [3.63, 3.8) is 0 Å². The summed E-state index contributed by atoms with van der Waals surface area (Å²) in [6, 6.07) is 4.88. The lowest BCUT2D eigenvalue weighted by molar-refractivity contribution is 0.0779. The molecule has 94 valence electrons. The molecule has 18 heavy (non-hydrogen) atoms.